The van der Waals surface area contributed by atoms with E-state index in [1.807, 2.05) is 42.5 Å². The maximum absolute atomic E-state index is 11.3. The summed E-state index contributed by atoms with van der Waals surface area (Å²) in [4.78, 5) is 14.8. The van der Waals surface area contributed by atoms with Crippen molar-refractivity contribution in [3.05, 3.63) is 72.3 Å². The quantitative estimate of drug-likeness (QED) is 0.522. The van der Waals surface area contributed by atoms with Crippen LogP contribution in [0.4, 0.5) is 0 Å². The molecule has 0 saturated heterocycles. The first kappa shape index (κ1) is 11.9. The van der Waals surface area contributed by atoms with Gasteiger partial charge in [0.05, 0.1) is 5.52 Å². The van der Waals surface area contributed by atoms with E-state index >= 15 is 0 Å². The standard InChI is InChI=1S/C19H13NO/c21-12-13-10-16(14-6-2-1-3-7-14)19-17(11-13)15-8-4-5-9-18(15)20-19/h1-12,20H. The van der Waals surface area contributed by atoms with Crippen molar-refractivity contribution in [3.63, 3.8) is 0 Å². The normalized spacial score (nSPS) is 11.0. The van der Waals surface area contributed by atoms with Crippen molar-refractivity contribution < 1.29 is 4.79 Å². The van der Waals surface area contributed by atoms with Gasteiger partial charge in [0.25, 0.3) is 0 Å². The minimum atomic E-state index is 0.700. The van der Waals surface area contributed by atoms with Crippen LogP contribution in [0.25, 0.3) is 32.9 Å². The van der Waals surface area contributed by atoms with Crippen molar-refractivity contribution >= 4 is 28.1 Å². The van der Waals surface area contributed by atoms with Crippen LogP contribution in [-0.2, 0) is 0 Å². The number of aromatic amines is 1. The zero-order valence-electron chi connectivity index (χ0n) is 11.3. The van der Waals surface area contributed by atoms with Crippen LogP contribution in [0, 0.1) is 0 Å². The average molecular weight is 271 g/mol. The first-order valence-corrected chi connectivity index (χ1v) is 6.92. The smallest absolute Gasteiger partial charge is 0.150 e. The van der Waals surface area contributed by atoms with Gasteiger partial charge in [-0.1, -0.05) is 48.5 Å². The Kier molecular flexibility index (Phi) is 2.61. The van der Waals surface area contributed by atoms with E-state index in [0.717, 1.165) is 39.2 Å². The van der Waals surface area contributed by atoms with Gasteiger partial charge in [-0.3, -0.25) is 4.79 Å². The molecule has 1 aromatic heterocycles. The Labute approximate surface area is 122 Å². The lowest BCUT2D eigenvalue weighted by atomic mass is 9.99. The lowest BCUT2D eigenvalue weighted by molar-refractivity contribution is 0.112. The molecular weight excluding hydrogens is 258 g/mol. The fourth-order valence-corrected chi connectivity index (χ4v) is 2.89. The Morgan fingerprint density at radius 1 is 0.810 bits per heavy atom. The van der Waals surface area contributed by atoms with Crippen molar-refractivity contribution in [1.29, 1.82) is 0 Å². The van der Waals surface area contributed by atoms with Crippen LogP contribution < -0.4 is 0 Å². The van der Waals surface area contributed by atoms with E-state index in [-0.39, 0.29) is 0 Å². The molecule has 0 radical (unpaired) electrons. The van der Waals surface area contributed by atoms with Gasteiger partial charge in [0.1, 0.15) is 6.29 Å². The fourth-order valence-electron chi connectivity index (χ4n) is 2.89. The molecule has 2 heteroatoms. The molecular formula is C19H13NO. The molecule has 4 aromatic rings. The van der Waals surface area contributed by atoms with Crippen molar-refractivity contribution in [1.82, 2.24) is 4.98 Å². The summed E-state index contributed by atoms with van der Waals surface area (Å²) in [7, 11) is 0. The van der Waals surface area contributed by atoms with Crippen molar-refractivity contribution in [2.45, 2.75) is 0 Å². The summed E-state index contributed by atoms with van der Waals surface area (Å²) in [6.07, 6.45) is 0.910. The van der Waals surface area contributed by atoms with Gasteiger partial charge < -0.3 is 4.98 Å². The number of carbonyl (C=O) groups is 1. The van der Waals surface area contributed by atoms with Crippen molar-refractivity contribution in [3.8, 4) is 11.1 Å². The van der Waals surface area contributed by atoms with Gasteiger partial charge in [0.2, 0.25) is 0 Å². The van der Waals surface area contributed by atoms with Crippen LogP contribution in [0.3, 0.4) is 0 Å². The Bertz CT molecular complexity index is 951. The second-order valence-corrected chi connectivity index (χ2v) is 5.15. The predicted molar refractivity (Wildman–Crippen MR) is 86.6 cm³/mol. The highest BCUT2D eigenvalue weighted by molar-refractivity contribution is 6.13. The van der Waals surface area contributed by atoms with Crippen molar-refractivity contribution in [2.75, 3.05) is 0 Å². The molecule has 0 bridgehead atoms. The molecule has 21 heavy (non-hydrogen) atoms. The van der Waals surface area contributed by atoms with Gasteiger partial charge in [-0.25, -0.2) is 0 Å². The number of rotatable bonds is 2. The highest BCUT2D eigenvalue weighted by atomic mass is 16.1. The molecule has 0 aliphatic heterocycles. The summed E-state index contributed by atoms with van der Waals surface area (Å²) in [6, 6.07) is 22.2. The zero-order valence-corrected chi connectivity index (χ0v) is 11.3. The minimum Gasteiger partial charge on any atom is -0.354 e. The molecule has 1 heterocycles. The first-order chi connectivity index (χ1) is 10.4. The summed E-state index contributed by atoms with van der Waals surface area (Å²) in [5, 5.41) is 2.24. The third-order valence-corrected chi connectivity index (χ3v) is 3.86. The highest BCUT2D eigenvalue weighted by Gasteiger charge is 2.11. The van der Waals surface area contributed by atoms with Crippen LogP contribution in [-0.4, -0.2) is 11.3 Å². The molecule has 1 N–H and O–H groups in total. The molecule has 0 spiro atoms. The number of hydrogen-bond acceptors (Lipinski definition) is 1. The number of para-hydroxylation sites is 1. The number of H-pyrrole nitrogens is 1. The number of aldehydes is 1. The van der Waals surface area contributed by atoms with Gasteiger partial charge in [0, 0.05) is 27.4 Å². The van der Waals surface area contributed by atoms with Gasteiger partial charge >= 0.3 is 0 Å². The zero-order chi connectivity index (χ0) is 14.2. The lowest BCUT2D eigenvalue weighted by Gasteiger charge is -2.05. The topological polar surface area (TPSA) is 32.9 Å². The molecule has 2 nitrogen and oxygen atoms in total. The summed E-state index contributed by atoms with van der Waals surface area (Å²) in [5.74, 6) is 0. The first-order valence-electron chi connectivity index (χ1n) is 6.92. The van der Waals surface area contributed by atoms with E-state index in [9.17, 15) is 4.79 Å². The second-order valence-electron chi connectivity index (χ2n) is 5.15. The number of fused-ring (bicyclic) bond motifs is 3. The summed E-state index contributed by atoms with van der Waals surface area (Å²) in [5.41, 5.74) is 5.04. The van der Waals surface area contributed by atoms with E-state index in [0.29, 0.717) is 5.56 Å². The number of hydrogen-bond donors (Lipinski definition) is 1. The third-order valence-electron chi connectivity index (χ3n) is 3.86. The van der Waals surface area contributed by atoms with Gasteiger partial charge in [-0.15, -0.1) is 0 Å². The number of aromatic nitrogens is 1. The van der Waals surface area contributed by atoms with Crippen LogP contribution >= 0.6 is 0 Å². The number of carbonyl (C=O) groups excluding carboxylic acids is 1. The van der Waals surface area contributed by atoms with Crippen LogP contribution in [0.15, 0.2) is 66.7 Å². The van der Waals surface area contributed by atoms with Gasteiger partial charge in [-0.05, 0) is 23.8 Å². The Balaban J connectivity index is 2.16. The van der Waals surface area contributed by atoms with E-state index in [4.69, 9.17) is 0 Å². The van der Waals surface area contributed by atoms with E-state index in [1.54, 1.807) is 0 Å². The minimum absolute atomic E-state index is 0.700. The third kappa shape index (κ3) is 1.84. The molecule has 0 aliphatic carbocycles. The van der Waals surface area contributed by atoms with Crippen LogP contribution in [0.1, 0.15) is 10.4 Å². The molecule has 0 unspecified atom stereocenters. The maximum atomic E-state index is 11.3. The Morgan fingerprint density at radius 2 is 1.57 bits per heavy atom. The van der Waals surface area contributed by atoms with Crippen molar-refractivity contribution in [2.24, 2.45) is 0 Å². The SMILES string of the molecule is O=Cc1cc(-c2ccccc2)c2[nH]c3ccccc3c2c1. The highest BCUT2D eigenvalue weighted by Crippen LogP contribution is 2.34. The van der Waals surface area contributed by atoms with E-state index in [1.165, 1.54) is 0 Å². The molecule has 0 amide bonds. The van der Waals surface area contributed by atoms with Gasteiger partial charge in [-0.2, -0.15) is 0 Å². The molecule has 0 aliphatic rings. The number of benzene rings is 3. The molecule has 100 valence electrons. The monoisotopic (exact) mass is 271 g/mol. The molecule has 4 rings (SSSR count). The molecule has 0 saturated carbocycles. The summed E-state index contributed by atoms with van der Waals surface area (Å²) in [6.45, 7) is 0. The molecule has 0 atom stereocenters. The molecule has 0 fully saturated rings. The maximum Gasteiger partial charge on any atom is 0.150 e. The van der Waals surface area contributed by atoms with Gasteiger partial charge in [0.15, 0.2) is 0 Å². The average Bonchev–Trinajstić information content (AvgIpc) is 2.93. The summed E-state index contributed by atoms with van der Waals surface area (Å²) < 4.78 is 0. The van der Waals surface area contributed by atoms with Crippen LogP contribution in [0.5, 0.6) is 0 Å². The largest absolute Gasteiger partial charge is 0.354 e. The Morgan fingerprint density at radius 3 is 2.38 bits per heavy atom. The number of nitrogens with one attached hydrogen (secondary N) is 1. The lowest BCUT2D eigenvalue weighted by Crippen LogP contribution is -1.85. The molecule has 3 aromatic carbocycles. The summed E-state index contributed by atoms with van der Waals surface area (Å²) >= 11 is 0. The fraction of sp³-hybridized carbons (Fsp3) is 0. The second kappa shape index (κ2) is 4.60. The predicted octanol–water partition coefficient (Wildman–Crippen LogP) is 4.80. The Hall–Kier alpha value is -2.87. The van der Waals surface area contributed by atoms with Crippen LogP contribution in [0.2, 0.25) is 0 Å². The van der Waals surface area contributed by atoms with E-state index in [2.05, 4.69) is 29.2 Å². The van der Waals surface area contributed by atoms with E-state index < -0.39 is 0 Å².